The maximum absolute atomic E-state index is 12.0. The number of hydrogen-bond acceptors (Lipinski definition) is 4. The van der Waals surface area contributed by atoms with Gasteiger partial charge in [-0.1, -0.05) is 30.3 Å². The quantitative estimate of drug-likeness (QED) is 0.690. The van der Waals surface area contributed by atoms with Gasteiger partial charge >= 0.3 is 6.03 Å². The minimum absolute atomic E-state index is 0.241. The molecule has 0 bridgehead atoms. The lowest BCUT2D eigenvalue weighted by Gasteiger charge is -2.13. The predicted octanol–water partition coefficient (Wildman–Crippen LogP) is 2.60. The first-order valence-electron chi connectivity index (χ1n) is 7.16. The van der Waals surface area contributed by atoms with Gasteiger partial charge in [-0.05, 0) is 23.8 Å². The van der Waals surface area contributed by atoms with E-state index in [9.17, 15) is 4.79 Å². The Hall–Kier alpha value is -3.09. The Morgan fingerprint density at radius 2 is 2.09 bits per heavy atom. The van der Waals surface area contributed by atoms with Crippen molar-refractivity contribution in [1.82, 2.24) is 20.5 Å². The second-order valence-electron chi connectivity index (χ2n) is 5.02. The number of amides is 2. The highest BCUT2D eigenvalue weighted by molar-refractivity contribution is 5.90. The van der Waals surface area contributed by atoms with Crippen LogP contribution in [-0.2, 0) is 6.54 Å². The maximum atomic E-state index is 12.0. The van der Waals surface area contributed by atoms with E-state index in [1.807, 2.05) is 36.4 Å². The zero-order chi connectivity index (χ0) is 16.2. The zero-order valence-electron chi connectivity index (χ0n) is 12.9. The van der Waals surface area contributed by atoms with Crippen LogP contribution in [0.15, 0.2) is 36.4 Å². The number of nitrogens with zero attached hydrogens (tertiary/aromatic N) is 2. The largest absolute Gasteiger partial charge is 0.496 e. The minimum atomic E-state index is -0.376. The summed E-state index contributed by atoms with van der Waals surface area (Å²) in [6.45, 7) is 2.09. The molecular weight excluding hydrogens is 294 g/mol. The van der Waals surface area contributed by atoms with Crippen LogP contribution in [0.2, 0.25) is 0 Å². The Kier molecular flexibility index (Phi) is 4.09. The van der Waals surface area contributed by atoms with Crippen LogP contribution >= 0.6 is 0 Å². The van der Waals surface area contributed by atoms with Crippen molar-refractivity contribution in [2.45, 2.75) is 13.5 Å². The Balaban J connectivity index is 1.77. The van der Waals surface area contributed by atoms with Crippen LogP contribution in [0, 0.1) is 6.92 Å². The van der Waals surface area contributed by atoms with Gasteiger partial charge in [-0.3, -0.25) is 10.4 Å². The number of urea groups is 1. The van der Waals surface area contributed by atoms with E-state index in [1.54, 1.807) is 14.0 Å². The van der Waals surface area contributed by atoms with Crippen LogP contribution in [0.1, 0.15) is 11.4 Å². The summed E-state index contributed by atoms with van der Waals surface area (Å²) in [6.07, 6.45) is 0. The van der Waals surface area contributed by atoms with Gasteiger partial charge in [0.15, 0.2) is 0 Å². The van der Waals surface area contributed by atoms with Crippen LogP contribution < -0.4 is 15.4 Å². The lowest BCUT2D eigenvalue weighted by molar-refractivity contribution is 0.251. The van der Waals surface area contributed by atoms with Gasteiger partial charge in [0, 0.05) is 12.1 Å². The van der Waals surface area contributed by atoms with Crippen molar-refractivity contribution in [1.29, 1.82) is 0 Å². The number of aromatic nitrogens is 3. The number of fused-ring (bicyclic) bond motifs is 1. The number of hydrogen-bond donors (Lipinski definition) is 3. The second-order valence-corrected chi connectivity index (χ2v) is 5.02. The summed E-state index contributed by atoms with van der Waals surface area (Å²) >= 11 is 0. The predicted molar refractivity (Wildman–Crippen MR) is 87.5 cm³/mol. The molecule has 1 aromatic heterocycles. The first-order chi connectivity index (χ1) is 11.2. The van der Waals surface area contributed by atoms with Crippen molar-refractivity contribution < 1.29 is 9.53 Å². The molecule has 23 heavy (non-hydrogen) atoms. The second kappa shape index (κ2) is 6.35. The zero-order valence-corrected chi connectivity index (χ0v) is 12.9. The molecular formula is C16H17N5O2. The first-order valence-corrected chi connectivity index (χ1v) is 7.16. The Morgan fingerprint density at radius 1 is 1.26 bits per heavy atom. The molecule has 0 unspecified atom stereocenters. The molecule has 3 N–H and O–H groups in total. The van der Waals surface area contributed by atoms with Crippen LogP contribution in [-0.4, -0.2) is 28.3 Å². The van der Waals surface area contributed by atoms with Crippen LogP contribution in [0.3, 0.4) is 0 Å². The van der Waals surface area contributed by atoms with Gasteiger partial charge in [-0.15, -0.1) is 5.10 Å². The molecule has 3 aromatic rings. The number of benzene rings is 2. The fourth-order valence-corrected chi connectivity index (χ4v) is 2.40. The molecule has 2 amide bonds. The van der Waals surface area contributed by atoms with Crippen molar-refractivity contribution in [2.75, 3.05) is 12.4 Å². The van der Waals surface area contributed by atoms with Gasteiger partial charge in [-0.25, -0.2) is 4.79 Å². The molecule has 0 aliphatic rings. The molecule has 2 aromatic carbocycles. The first kappa shape index (κ1) is 14.8. The van der Waals surface area contributed by atoms with E-state index < -0.39 is 0 Å². The summed E-state index contributed by atoms with van der Waals surface area (Å²) in [7, 11) is 1.62. The highest BCUT2D eigenvalue weighted by Gasteiger charge is 2.11. The van der Waals surface area contributed by atoms with Crippen LogP contribution in [0.25, 0.3) is 10.8 Å². The molecule has 0 fully saturated rings. The lowest BCUT2D eigenvalue weighted by Crippen LogP contribution is -2.28. The molecule has 0 aliphatic carbocycles. The van der Waals surface area contributed by atoms with E-state index in [1.165, 1.54) is 0 Å². The number of H-pyrrole nitrogens is 1. The topological polar surface area (TPSA) is 91.9 Å². The highest BCUT2D eigenvalue weighted by atomic mass is 16.5. The van der Waals surface area contributed by atoms with Crippen molar-refractivity contribution in [3.05, 3.63) is 47.8 Å². The average Bonchev–Trinajstić information content (AvgIpc) is 2.97. The molecule has 0 spiro atoms. The van der Waals surface area contributed by atoms with E-state index in [-0.39, 0.29) is 12.0 Å². The average molecular weight is 311 g/mol. The third kappa shape index (κ3) is 3.23. The number of ether oxygens (including phenoxy) is 1. The molecule has 1 heterocycles. The maximum Gasteiger partial charge on any atom is 0.321 e. The molecule has 7 heteroatoms. The molecule has 0 saturated carbocycles. The number of rotatable bonds is 4. The number of nitrogens with one attached hydrogen (secondary N) is 3. The Labute approximate surface area is 133 Å². The monoisotopic (exact) mass is 311 g/mol. The standard InChI is InChI=1S/C16H17N5O2/c1-10-18-15(21-20-10)19-16(22)17-9-13-12-6-4-3-5-11(12)7-8-14(13)23-2/h3-8H,9H2,1-2H3,(H3,17,18,19,20,21,22). The summed E-state index contributed by atoms with van der Waals surface area (Å²) in [6, 6.07) is 11.5. The number of carbonyl (C=O) groups is 1. The number of carbonyl (C=O) groups excluding carboxylic acids is 1. The highest BCUT2D eigenvalue weighted by Crippen LogP contribution is 2.27. The van der Waals surface area contributed by atoms with E-state index in [2.05, 4.69) is 25.8 Å². The fourth-order valence-electron chi connectivity index (χ4n) is 2.40. The number of methoxy groups -OCH3 is 1. The Bertz CT molecular complexity index is 843. The SMILES string of the molecule is COc1ccc2ccccc2c1CNC(=O)Nc1n[nH]c(C)n1. The van der Waals surface area contributed by atoms with Crippen molar-refractivity contribution >= 4 is 22.8 Å². The van der Waals surface area contributed by atoms with Crippen LogP contribution in [0.4, 0.5) is 10.7 Å². The van der Waals surface area contributed by atoms with Crippen molar-refractivity contribution in [3.8, 4) is 5.75 Å². The summed E-state index contributed by atoms with van der Waals surface area (Å²) in [5, 5.41) is 14.0. The van der Waals surface area contributed by atoms with Crippen molar-refractivity contribution in [2.24, 2.45) is 0 Å². The van der Waals surface area contributed by atoms with Gasteiger partial charge in [-0.2, -0.15) is 4.98 Å². The summed E-state index contributed by atoms with van der Waals surface area (Å²) in [4.78, 5) is 16.0. The van der Waals surface area contributed by atoms with E-state index in [0.717, 1.165) is 22.1 Å². The van der Waals surface area contributed by atoms with Gasteiger partial charge in [0.25, 0.3) is 0 Å². The molecule has 0 radical (unpaired) electrons. The van der Waals surface area contributed by atoms with Gasteiger partial charge in [0.1, 0.15) is 11.6 Å². The van der Waals surface area contributed by atoms with E-state index >= 15 is 0 Å². The van der Waals surface area contributed by atoms with E-state index in [0.29, 0.717) is 12.4 Å². The van der Waals surface area contributed by atoms with Gasteiger partial charge in [0.2, 0.25) is 5.95 Å². The summed E-state index contributed by atoms with van der Waals surface area (Å²) in [5.41, 5.74) is 0.923. The van der Waals surface area contributed by atoms with Crippen LogP contribution in [0.5, 0.6) is 5.75 Å². The Morgan fingerprint density at radius 3 is 2.83 bits per heavy atom. The molecule has 3 rings (SSSR count). The fraction of sp³-hybridized carbons (Fsp3) is 0.188. The number of aryl methyl sites for hydroxylation is 1. The molecule has 0 saturated heterocycles. The smallest absolute Gasteiger partial charge is 0.321 e. The summed E-state index contributed by atoms with van der Waals surface area (Å²) in [5.74, 6) is 1.61. The lowest BCUT2D eigenvalue weighted by atomic mass is 10.0. The molecule has 7 nitrogen and oxygen atoms in total. The normalized spacial score (nSPS) is 10.5. The number of anilines is 1. The summed E-state index contributed by atoms with van der Waals surface area (Å²) < 4.78 is 5.41. The minimum Gasteiger partial charge on any atom is -0.496 e. The molecule has 0 aliphatic heterocycles. The molecule has 118 valence electrons. The van der Waals surface area contributed by atoms with Crippen molar-refractivity contribution in [3.63, 3.8) is 0 Å². The van der Waals surface area contributed by atoms with Gasteiger partial charge in [0.05, 0.1) is 7.11 Å². The van der Waals surface area contributed by atoms with Gasteiger partial charge < -0.3 is 10.1 Å². The molecule has 0 atom stereocenters. The third-order valence-corrected chi connectivity index (χ3v) is 3.47. The van der Waals surface area contributed by atoms with E-state index in [4.69, 9.17) is 4.74 Å². The third-order valence-electron chi connectivity index (χ3n) is 3.47. The number of aromatic amines is 1.